The van der Waals surface area contributed by atoms with E-state index in [0.29, 0.717) is 29.8 Å². The summed E-state index contributed by atoms with van der Waals surface area (Å²) in [6.45, 7) is 4.90. The number of hydrogen-bond acceptors (Lipinski definition) is 5. The van der Waals surface area contributed by atoms with E-state index in [0.717, 1.165) is 37.1 Å². The predicted molar refractivity (Wildman–Crippen MR) is 116 cm³/mol. The van der Waals surface area contributed by atoms with Gasteiger partial charge in [0.15, 0.2) is 0 Å². The predicted octanol–water partition coefficient (Wildman–Crippen LogP) is 4.23. The lowest BCUT2D eigenvalue weighted by molar-refractivity contribution is -0.126. The highest BCUT2D eigenvalue weighted by molar-refractivity contribution is 6.30. The summed E-state index contributed by atoms with van der Waals surface area (Å²) in [5, 5.41) is 7.81. The van der Waals surface area contributed by atoms with Crippen LogP contribution in [0.5, 0.6) is 0 Å². The zero-order valence-corrected chi connectivity index (χ0v) is 17.7. The van der Waals surface area contributed by atoms with Crippen LogP contribution in [0.4, 0.5) is 0 Å². The van der Waals surface area contributed by atoms with Gasteiger partial charge in [0, 0.05) is 23.0 Å². The van der Waals surface area contributed by atoms with Gasteiger partial charge in [0.05, 0.1) is 6.54 Å². The summed E-state index contributed by atoms with van der Waals surface area (Å²) in [6, 6.07) is 15.6. The highest BCUT2D eigenvalue weighted by atomic mass is 35.5. The van der Waals surface area contributed by atoms with E-state index in [1.807, 2.05) is 24.3 Å². The lowest BCUT2D eigenvalue weighted by Crippen LogP contribution is -2.40. The lowest BCUT2D eigenvalue weighted by atomic mass is 9.96. The Bertz CT molecular complexity index is 977. The first kappa shape index (κ1) is 20.6. The Balaban J connectivity index is 1.24. The molecule has 1 aliphatic heterocycles. The highest BCUT2D eigenvalue weighted by Gasteiger charge is 2.25. The molecule has 0 saturated carbocycles. The smallest absolute Gasteiger partial charge is 0.241 e. The van der Waals surface area contributed by atoms with Crippen molar-refractivity contribution >= 4 is 17.5 Å². The fraction of sp³-hybridized carbons (Fsp3) is 0.348. The molecule has 2 heterocycles. The van der Waals surface area contributed by atoms with Crippen LogP contribution in [0.2, 0.25) is 5.02 Å². The Morgan fingerprint density at radius 3 is 2.53 bits per heavy atom. The number of amides is 1. The SMILES string of the molecule is Cc1ccc(CNC(=O)C2CCN(Cc3nc(-c4ccc(Cl)cc4)no3)CC2)cc1. The van der Waals surface area contributed by atoms with E-state index < -0.39 is 0 Å². The zero-order chi connectivity index (χ0) is 20.9. The van der Waals surface area contributed by atoms with Gasteiger partial charge in [0.1, 0.15) is 0 Å². The number of likely N-dealkylation sites (tertiary alicyclic amines) is 1. The molecule has 156 valence electrons. The lowest BCUT2D eigenvalue weighted by Gasteiger charge is -2.30. The summed E-state index contributed by atoms with van der Waals surface area (Å²) in [4.78, 5) is 19.2. The van der Waals surface area contributed by atoms with Gasteiger partial charge < -0.3 is 9.84 Å². The average Bonchev–Trinajstić information content (AvgIpc) is 3.22. The number of nitrogens with zero attached hydrogens (tertiary/aromatic N) is 3. The number of carbonyl (C=O) groups excluding carboxylic acids is 1. The van der Waals surface area contributed by atoms with Crippen LogP contribution in [-0.2, 0) is 17.9 Å². The number of halogens is 1. The molecule has 30 heavy (non-hydrogen) atoms. The third-order valence-corrected chi connectivity index (χ3v) is 5.73. The number of benzene rings is 2. The van der Waals surface area contributed by atoms with Crippen molar-refractivity contribution in [3.8, 4) is 11.4 Å². The van der Waals surface area contributed by atoms with Crippen molar-refractivity contribution in [2.75, 3.05) is 13.1 Å². The van der Waals surface area contributed by atoms with Gasteiger partial charge in [-0.2, -0.15) is 4.98 Å². The summed E-state index contributed by atoms with van der Waals surface area (Å²) in [7, 11) is 0. The number of aryl methyl sites for hydroxylation is 1. The Kier molecular flexibility index (Phi) is 6.45. The zero-order valence-electron chi connectivity index (χ0n) is 17.0. The van der Waals surface area contributed by atoms with Crippen LogP contribution < -0.4 is 5.32 Å². The maximum absolute atomic E-state index is 12.5. The Labute approximate surface area is 181 Å². The van der Waals surface area contributed by atoms with Gasteiger partial charge in [-0.1, -0.05) is 46.6 Å². The quantitative estimate of drug-likeness (QED) is 0.641. The Hall–Kier alpha value is -2.70. The molecule has 3 aromatic rings. The molecule has 4 rings (SSSR count). The molecule has 0 spiro atoms. The summed E-state index contributed by atoms with van der Waals surface area (Å²) in [6.07, 6.45) is 1.66. The molecule has 0 bridgehead atoms. The molecule has 6 nitrogen and oxygen atoms in total. The normalized spacial score (nSPS) is 15.3. The van der Waals surface area contributed by atoms with Crippen LogP contribution in [0.15, 0.2) is 53.1 Å². The number of carbonyl (C=O) groups is 1. The third-order valence-electron chi connectivity index (χ3n) is 5.48. The van der Waals surface area contributed by atoms with Gasteiger partial charge >= 0.3 is 0 Å². The standard InChI is InChI=1S/C23H25ClN4O2/c1-16-2-4-17(5-3-16)14-25-23(29)19-10-12-28(13-11-19)15-21-26-22(27-30-21)18-6-8-20(24)9-7-18/h2-9,19H,10-15H2,1H3,(H,25,29). The largest absolute Gasteiger partial charge is 0.352 e. The molecule has 1 saturated heterocycles. The van der Waals surface area contributed by atoms with E-state index in [-0.39, 0.29) is 11.8 Å². The summed E-state index contributed by atoms with van der Waals surface area (Å²) in [5.74, 6) is 1.34. The monoisotopic (exact) mass is 424 g/mol. The minimum Gasteiger partial charge on any atom is -0.352 e. The third kappa shape index (κ3) is 5.26. The van der Waals surface area contributed by atoms with E-state index in [4.69, 9.17) is 16.1 Å². The van der Waals surface area contributed by atoms with Crippen LogP contribution in [0.3, 0.4) is 0 Å². The van der Waals surface area contributed by atoms with E-state index in [1.165, 1.54) is 5.56 Å². The Morgan fingerprint density at radius 2 is 1.83 bits per heavy atom. The molecule has 0 aliphatic carbocycles. The number of rotatable bonds is 6. The van der Waals surface area contributed by atoms with Gasteiger partial charge in [-0.25, -0.2) is 0 Å². The van der Waals surface area contributed by atoms with Crippen molar-refractivity contribution in [3.63, 3.8) is 0 Å². The molecule has 1 aromatic heterocycles. The molecule has 1 fully saturated rings. The minimum atomic E-state index is 0.0546. The number of piperidine rings is 1. The van der Waals surface area contributed by atoms with E-state index >= 15 is 0 Å². The number of hydrogen-bond donors (Lipinski definition) is 1. The Morgan fingerprint density at radius 1 is 1.13 bits per heavy atom. The maximum Gasteiger partial charge on any atom is 0.241 e. The van der Waals surface area contributed by atoms with Crippen molar-refractivity contribution in [2.24, 2.45) is 5.92 Å². The second-order valence-electron chi connectivity index (χ2n) is 7.77. The van der Waals surface area contributed by atoms with Crippen molar-refractivity contribution < 1.29 is 9.32 Å². The molecule has 0 radical (unpaired) electrons. The van der Waals surface area contributed by atoms with Gasteiger partial charge in [-0.15, -0.1) is 0 Å². The second-order valence-corrected chi connectivity index (χ2v) is 8.21. The van der Waals surface area contributed by atoms with Crippen LogP contribution in [-0.4, -0.2) is 34.0 Å². The second kappa shape index (κ2) is 9.41. The minimum absolute atomic E-state index is 0.0546. The van der Waals surface area contributed by atoms with Gasteiger partial charge in [-0.05, 0) is 62.7 Å². The van der Waals surface area contributed by atoms with Crippen LogP contribution in [0.1, 0.15) is 29.9 Å². The fourth-order valence-electron chi connectivity index (χ4n) is 3.62. The van der Waals surface area contributed by atoms with E-state index in [2.05, 4.69) is 51.5 Å². The van der Waals surface area contributed by atoms with Crippen molar-refractivity contribution in [1.29, 1.82) is 0 Å². The highest BCUT2D eigenvalue weighted by Crippen LogP contribution is 2.22. The maximum atomic E-state index is 12.5. The molecule has 0 atom stereocenters. The first-order valence-electron chi connectivity index (χ1n) is 10.2. The molecule has 1 aliphatic rings. The number of aromatic nitrogens is 2. The van der Waals surface area contributed by atoms with Gasteiger partial charge in [0.2, 0.25) is 17.6 Å². The molecule has 1 N–H and O–H groups in total. The first-order chi connectivity index (χ1) is 14.6. The summed E-state index contributed by atoms with van der Waals surface area (Å²) in [5.41, 5.74) is 3.22. The molecule has 1 amide bonds. The number of nitrogens with one attached hydrogen (secondary N) is 1. The molecular weight excluding hydrogens is 400 g/mol. The van der Waals surface area contributed by atoms with Crippen LogP contribution in [0.25, 0.3) is 11.4 Å². The molecule has 2 aromatic carbocycles. The molecule has 7 heteroatoms. The van der Waals surface area contributed by atoms with E-state index in [9.17, 15) is 4.79 Å². The fourth-order valence-corrected chi connectivity index (χ4v) is 3.75. The summed E-state index contributed by atoms with van der Waals surface area (Å²) >= 11 is 5.92. The van der Waals surface area contributed by atoms with Gasteiger partial charge in [-0.3, -0.25) is 9.69 Å². The van der Waals surface area contributed by atoms with Crippen LogP contribution >= 0.6 is 11.6 Å². The van der Waals surface area contributed by atoms with Crippen molar-refractivity contribution in [3.05, 3.63) is 70.6 Å². The molecular formula is C23H25ClN4O2. The first-order valence-corrected chi connectivity index (χ1v) is 10.6. The summed E-state index contributed by atoms with van der Waals surface area (Å²) < 4.78 is 5.41. The van der Waals surface area contributed by atoms with Crippen molar-refractivity contribution in [2.45, 2.75) is 32.9 Å². The van der Waals surface area contributed by atoms with Gasteiger partial charge in [0.25, 0.3) is 0 Å². The van der Waals surface area contributed by atoms with E-state index in [1.54, 1.807) is 0 Å². The van der Waals surface area contributed by atoms with Crippen LogP contribution in [0, 0.1) is 12.8 Å². The average molecular weight is 425 g/mol. The van der Waals surface area contributed by atoms with Crippen molar-refractivity contribution in [1.82, 2.24) is 20.4 Å². The topological polar surface area (TPSA) is 71.3 Å². The molecule has 0 unspecified atom stereocenters.